The minimum Gasteiger partial charge on any atom is -0.0533 e. The molecule has 3 fully saturated rings. The maximum atomic E-state index is 1.50. The van der Waals surface area contributed by atoms with Crippen LogP contribution in [0.15, 0.2) is 0 Å². The van der Waals surface area contributed by atoms with Crippen LogP contribution in [-0.2, 0) is 32.7 Å². The molecule has 0 spiro atoms. The minimum atomic E-state index is 0. The fourth-order valence-electron chi connectivity index (χ4n) is 2.65. The molecular weight excluding hydrogens is 269 g/mol. The van der Waals surface area contributed by atoms with Gasteiger partial charge in [-0.3, -0.25) is 0 Å². The maximum Gasteiger partial charge on any atom is 3.00 e. The summed E-state index contributed by atoms with van der Waals surface area (Å²) < 4.78 is 0. The Morgan fingerprint density at radius 1 is 0.188 bits per heavy atom. The van der Waals surface area contributed by atoms with Gasteiger partial charge in [0.05, 0.1) is 0 Å². The smallest absolute Gasteiger partial charge is 0.0533 e. The normalized spacial score (nSPS) is 22.5. The second-order valence-electron chi connectivity index (χ2n) is 5.30. The predicted molar refractivity (Wildman–Crippen MR) is 69.3 cm³/mol. The summed E-state index contributed by atoms with van der Waals surface area (Å²) in [4.78, 5) is 0. The molecule has 0 amide bonds. The molecule has 0 aromatic rings. The van der Waals surface area contributed by atoms with Gasteiger partial charge in [0.25, 0.3) is 0 Å². The first-order valence-corrected chi connectivity index (χ1v) is 7.50. The van der Waals surface area contributed by atoms with Gasteiger partial charge >= 0.3 is 32.7 Å². The first kappa shape index (κ1) is 17.1. The summed E-state index contributed by atoms with van der Waals surface area (Å²) in [6, 6.07) is 0. The van der Waals surface area contributed by atoms with Crippen molar-refractivity contribution in [3.05, 3.63) is 0 Å². The van der Waals surface area contributed by atoms with Gasteiger partial charge in [-0.05, 0) is 0 Å². The number of hydrogen-bond acceptors (Lipinski definition) is 0. The summed E-state index contributed by atoms with van der Waals surface area (Å²) in [6.07, 6.45) is 22.5. The van der Waals surface area contributed by atoms with Crippen molar-refractivity contribution in [3.8, 4) is 0 Å². The van der Waals surface area contributed by atoms with E-state index >= 15 is 0 Å². The van der Waals surface area contributed by atoms with Crippen LogP contribution in [0.5, 0.6) is 0 Å². The topological polar surface area (TPSA) is 0 Å². The minimum absolute atomic E-state index is 0. The van der Waals surface area contributed by atoms with Crippen LogP contribution in [0.2, 0.25) is 0 Å². The summed E-state index contributed by atoms with van der Waals surface area (Å²) in [6.45, 7) is 0. The summed E-state index contributed by atoms with van der Waals surface area (Å²) in [5, 5.41) is 0. The molecule has 90 valence electrons. The standard InChI is InChI=1S/3C5H10.Y/c3*1-2-4-5-3-1;/h3*1-5H2;/q;;;+3. The molecule has 0 aliphatic heterocycles. The van der Waals surface area contributed by atoms with Crippen LogP contribution in [0.3, 0.4) is 0 Å². The Labute approximate surface area is 128 Å². The molecule has 0 saturated heterocycles. The second kappa shape index (κ2) is 14.2. The van der Waals surface area contributed by atoms with Crippen LogP contribution in [0.25, 0.3) is 0 Å². The first-order valence-electron chi connectivity index (χ1n) is 7.50. The molecule has 0 nitrogen and oxygen atoms in total. The van der Waals surface area contributed by atoms with E-state index in [1.807, 2.05) is 0 Å². The van der Waals surface area contributed by atoms with Crippen molar-refractivity contribution in [3.63, 3.8) is 0 Å². The molecule has 0 aromatic heterocycles. The molecule has 0 bridgehead atoms. The SMILES string of the molecule is C1CCCC1.C1CCCC1.C1CCCC1.[Y+3]. The van der Waals surface area contributed by atoms with Gasteiger partial charge in [0.15, 0.2) is 0 Å². The van der Waals surface area contributed by atoms with E-state index in [-0.39, 0.29) is 32.7 Å². The molecule has 1 heteroatoms. The fraction of sp³-hybridized carbons (Fsp3) is 1.00. The molecule has 3 saturated carbocycles. The molecule has 0 aromatic carbocycles. The number of rotatable bonds is 0. The molecule has 3 aliphatic carbocycles. The molecular formula is C15H30Y+3. The van der Waals surface area contributed by atoms with E-state index in [4.69, 9.17) is 0 Å². The molecule has 3 rings (SSSR count). The van der Waals surface area contributed by atoms with Crippen molar-refractivity contribution in [2.75, 3.05) is 0 Å². The van der Waals surface area contributed by atoms with Gasteiger partial charge in [-0.2, -0.15) is 0 Å². The van der Waals surface area contributed by atoms with E-state index in [1.54, 1.807) is 0 Å². The first-order chi connectivity index (χ1) is 7.50. The monoisotopic (exact) mass is 299 g/mol. The van der Waals surface area contributed by atoms with Crippen molar-refractivity contribution in [1.82, 2.24) is 0 Å². The largest absolute Gasteiger partial charge is 3.00 e. The Morgan fingerprint density at radius 3 is 0.312 bits per heavy atom. The molecule has 3 aliphatic rings. The van der Waals surface area contributed by atoms with Crippen molar-refractivity contribution < 1.29 is 32.7 Å². The Kier molecular flexibility index (Phi) is 15.1. The van der Waals surface area contributed by atoms with Crippen LogP contribution < -0.4 is 0 Å². The van der Waals surface area contributed by atoms with Gasteiger partial charge < -0.3 is 0 Å². The predicted octanol–water partition coefficient (Wildman–Crippen LogP) is 5.85. The average Bonchev–Trinajstić information content (AvgIpc) is 3.09. The van der Waals surface area contributed by atoms with Crippen LogP contribution in [0, 0.1) is 0 Å². The summed E-state index contributed by atoms with van der Waals surface area (Å²) in [5.41, 5.74) is 0. The summed E-state index contributed by atoms with van der Waals surface area (Å²) in [7, 11) is 0. The van der Waals surface area contributed by atoms with E-state index in [9.17, 15) is 0 Å². The Bertz CT molecular complexity index is 64.0. The van der Waals surface area contributed by atoms with E-state index in [0.29, 0.717) is 0 Å². The van der Waals surface area contributed by atoms with Crippen LogP contribution in [-0.4, -0.2) is 0 Å². The van der Waals surface area contributed by atoms with Crippen molar-refractivity contribution >= 4 is 0 Å². The summed E-state index contributed by atoms with van der Waals surface area (Å²) >= 11 is 0. The molecule has 0 N–H and O–H groups in total. The van der Waals surface area contributed by atoms with E-state index < -0.39 is 0 Å². The van der Waals surface area contributed by atoms with Crippen LogP contribution in [0.4, 0.5) is 0 Å². The summed E-state index contributed by atoms with van der Waals surface area (Å²) in [5.74, 6) is 0. The van der Waals surface area contributed by atoms with Crippen molar-refractivity contribution in [1.29, 1.82) is 0 Å². The van der Waals surface area contributed by atoms with Gasteiger partial charge in [-0.1, -0.05) is 96.3 Å². The number of hydrogen-bond donors (Lipinski definition) is 0. The third-order valence-electron chi connectivity index (χ3n) is 3.75. The molecule has 16 heavy (non-hydrogen) atoms. The van der Waals surface area contributed by atoms with Crippen LogP contribution in [0.1, 0.15) is 96.3 Å². The van der Waals surface area contributed by atoms with Gasteiger partial charge in [0.1, 0.15) is 0 Å². The Hall–Kier alpha value is 1.10. The molecule has 0 unspecified atom stereocenters. The zero-order chi connectivity index (χ0) is 10.6. The third-order valence-corrected chi connectivity index (χ3v) is 3.75. The van der Waals surface area contributed by atoms with E-state index in [0.717, 1.165) is 0 Å². The fourth-order valence-corrected chi connectivity index (χ4v) is 2.65. The van der Waals surface area contributed by atoms with Gasteiger partial charge in [0.2, 0.25) is 0 Å². The molecule has 0 heterocycles. The third kappa shape index (κ3) is 11.6. The average molecular weight is 299 g/mol. The van der Waals surface area contributed by atoms with Gasteiger partial charge in [-0.25, -0.2) is 0 Å². The Balaban J connectivity index is 0.000000205. The van der Waals surface area contributed by atoms with Crippen LogP contribution >= 0.6 is 0 Å². The van der Waals surface area contributed by atoms with Gasteiger partial charge in [0, 0.05) is 0 Å². The maximum absolute atomic E-state index is 1.50. The molecule has 0 radical (unpaired) electrons. The quantitative estimate of drug-likeness (QED) is 0.526. The Morgan fingerprint density at radius 2 is 0.250 bits per heavy atom. The van der Waals surface area contributed by atoms with Crippen molar-refractivity contribution in [2.45, 2.75) is 96.3 Å². The second-order valence-corrected chi connectivity index (χ2v) is 5.30. The van der Waals surface area contributed by atoms with Crippen molar-refractivity contribution in [2.24, 2.45) is 0 Å². The zero-order valence-electron chi connectivity index (χ0n) is 11.2. The van der Waals surface area contributed by atoms with Gasteiger partial charge in [-0.15, -0.1) is 0 Å². The molecule has 0 atom stereocenters. The zero-order valence-corrected chi connectivity index (χ0v) is 14.0. The van der Waals surface area contributed by atoms with E-state index in [2.05, 4.69) is 0 Å². The van der Waals surface area contributed by atoms with E-state index in [1.165, 1.54) is 96.3 Å².